The molecule has 0 unspecified atom stereocenters. The number of nitrogens with one attached hydrogen (secondary N) is 1. The Kier molecular flexibility index (Phi) is 3.33. The molecule has 0 spiro atoms. The molecule has 0 aliphatic carbocycles. The van der Waals surface area contributed by atoms with Crippen molar-refractivity contribution in [2.45, 2.75) is 6.54 Å². The Morgan fingerprint density at radius 1 is 1.05 bits per heavy atom. The first-order valence-electron chi connectivity index (χ1n) is 5.93. The number of halogens is 1. The van der Waals surface area contributed by atoms with Gasteiger partial charge in [0.05, 0.1) is 11.0 Å². The van der Waals surface area contributed by atoms with Crippen LogP contribution in [0.15, 0.2) is 42.7 Å². The molecule has 5 nitrogen and oxygen atoms in total. The van der Waals surface area contributed by atoms with E-state index in [9.17, 15) is 0 Å². The number of rotatable bonds is 2. The van der Waals surface area contributed by atoms with Crippen LogP contribution in [0.5, 0.6) is 0 Å². The Balaban J connectivity index is 0.00000121. The second-order valence-electron chi connectivity index (χ2n) is 4.30. The van der Waals surface area contributed by atoms with Crippen molar-refractivity contribution in [1.29, 1.82) is 0 Å². The summed E-state index contributed by atoms with van der Waals surface area (Å²) in [5, 5.41) is 0. The van der Waals surface area contributed by atoms with Gasteiger partial charge in [-0.2, -0.15) is 8.94 Å². The first-order chi connectivity index (χ1) is 9.40. The average Bonchev–Trinajstić information content (AvgIpc) is 3.04. The molecule has 20 heavy (non-hydrogen) atoms. The molecule has 0 bridgehead atoms. The average molecular weight is 304 g/mol. The van der Waals surface area contributed by atoms with Gasteiger partial charge in [0.15, 0.2) is 18.2 Å². The zero-order valence-corrected chi connectivity index (χ0v) is 11.9. The maximum atomic E-state index is 4.60. The van der Waals surface area contributed by atoms with Gasteiger partial charge in [0, 0.05) is 23.9 Å². The van der Waals surface area contributed by atoms with E-state index in [0.29, 0.717) is 6.54 Å². The van der Waals surface area contributed by atoms with Crippen LogP contribution in [0.2, 0.25) is 0 Å². The fourth-order valence-electron chi connectivity index (χ4n) is 2.13. The Bertz CT molecular complexity index is 855. The third-order valence-electron chi connectivity index (χ3n) is 3.01. The fraction of sp³-hybridized carbons (Fsp3) is 0.0769. The summed E-state index contributed by atoms with van der Waals surface area (Å²) in [6.45, 7) is 0.671. The molecule has 0 radical (unpaired) electrons. The van der Waals surface area contributed by atoms with E-state index >= 15 is 0 Å². The lowest BCUT2D eigenvalue weighted by atomic mass is 10.3. The summed E-state index contributed by atoms with van der Waals surface area (Å²) in [7, 11) is 0. The zero-order valence-electron chi connectivity index (χ0n) is 10.3. The highest BCUT2D eigenvalue weighted by Gasteiger charge is 2.12. The summed E-state index contributed by atoms with van der Waals surface area (Å²) in [6, 6.07) is 9.96. The van der Waals surface area contributed by atoms with Crippen LogP contribution in [0, 0.1) is 0 Å². The number of aromatic amines is 1. The summed E-state index contributed by atoms with van der Waals surface area (Å²) < 4.78 is 9.53. The van der Waals surface area contributed by atoms with Crippen molar-refractivity contribution >= 4 is 33.8 Å². The molecule has 0 amide bonds. The topological polar surface area (TPSA) is 58.3 Å². The lowest BCUT2D eigenvalue weighted by molar-refractivity contribution is -0.689. The van der Waals surface area contributed by atoms with Gasteiger partial charge in [0.2, 0.25) is 6.54 Å². The van der Waals surface area contributed by atoms with Crippen LogP contribution in [0.25, 0.3) is 22.1 Å². The van der Waals surface area contributed by atoms with Gasteiger partial charge in [-0.15, -0.1) is 0 Å². The van der Waals surface area contributed by atoms with Crippen LogP contribution < -0.4 is 17.0 Å². The number of aromatic nitrogens is 5. The fourth-order valence-corrected chi connectivity index (χ4v) is 2.71. The quantitative estimate of drug-likeness (QED) is 0.479. The van der Waals surface area contributed by atoms with Crippen LogP contribution >= 0.6 is 11.7 Å². The summed E-state index contributed by atoms with van der Waals surface area (Å²) in [6.07, 6.45) is 4.01. The van der Waals surface area contributed by atoms with Crippen molar-refractivity contribution in [2.24, 2.45) is 0 Å². The number of pyridine rings is 1. The summed E-state index contributed by atoms with van der Waals surface area (Å²) in [5.74, 6) is 0.812. The van der Waals surface area contributed by atoms with E-state index in [0.717, 1.165) is 27.9 Å². The molecule has 3 heterocycles. The van der Waals surface area contributed by atoms with E-state index in [4.69, 9.17) is 0 Å². The minimum Gasteiger partial charge on any atom is -1.00 e. The molecule has 0 aliphatic rings. The number of hydrogen-bond acceptors (Lipinski definition) is 4. The van der Waals surface area contributed by atoms with Crippen molar-refractivity contribution in [3.05, 3.63) is 48.5 Å². The number of H-pyrrole nitrogens is 1. The zero-order chi connectivity index (χ0) is 12.7. The van der Waals surface area contributed by atoms with E-state index in [1.54, 1.807) is 0 Å². The molecule has 7 heteroatoms. The van der Waals surface area contributed by atoms with E-state index in [1.165, 1.54) is 11.7 Å². The van der Waals surface area contributed by atoms with Gasteiger partial charge < -0.3 is 12.4 Å². The summed E-state index contributed by atoms with van der Waals surface area (Å²) in [4.78, 5) is 9.16. The maximum absolute atomic E-state index is 4.60. The molecule has 0 atom stereocenters. The molecule has 3 aromatic heterocycles. The highest BCUT2D eigenvalue weighted by atomic mass is 35.5. The SMILES string of the molecule is [Cl-].c1cc[n+](Cc2nc3ccc4[nH]snc4c3n2)cc1. The van der Waals surface area contributed by atoms with Gasteiger partial charge in [0.25, 0.3) is 0 Å². The Hall–Kier alpha value is -2.05. The molecule has 4 rings (SSSR count). The van der Waals surface area contributed by atoms with E-state index in [-0.39, 0.29) is 12.4 Å². The lowest BCUT2D eigenvalue weighted by Gasteiger charge is -1.90. The largest absolute Gasteiger partial charge is 1.00 e. The summed E-state index contributed by atoms with van der Waals surface area (Å²) >= 11 is 1.33. The molecule has 4 aromatic rings. The van der Waals surface area contributed by atoms with Crippen LogP contribution in [0.3, 0.4) is 0 Å². The van der Waals surface area contributed by atoms with Gasteiger partial charge in [-0.1, -0.05) is 6.07 Å². The normalized spacial score (nSPS) is 10.8. The van der Waals surface area contributed by atoms with Gasteiger partial charge in [0.1, 0.15) is 11.0 Å². The standard InChI is InChI=1S/C13H10N5S.ClH/c1-2-6-18(7-3-1)8-11-14-9-4-5-10-13(12(9)15-11)17-19-16-10;/h1-7,16H,8H2;1H/q+1;/p-1. The highest BCUT2D eigenvalue weighted by molar-refractivity contribution is 7.00. The molecule has 0 saturated heterocycles. The molecule has 1 N–H and O–H groups in total. The summed E-state index contributed by atoms with van der Waals surface area (Å²) in [5.41, 5.74) is 3.69. The van der Waals surface area contributed by atoms with Gasteiger partial charge in [-0.25, -0.2) is 9.97 Å². The molecule has 0 aliphatic heterocycles. The van der Waals surface area contributed by atoms with Crippen LogP contribution in [0.4, 0.5) is 0 Å². The smallest absolute Gasteiger partial charge is 0.207 e. The van der Waals surface area contributed by atoms with Gasteiger partial charge >= 0.3 is 0 Å². The number of fused-ring (bicyclic) bond motifs is 3. The van der Waals surface area contributed by atoms with Crippen molar-refractivity contribution in [3.63, 3.8) is 0 Å². The maximum Gasteiger partial charge on any atom is 0.207 e. The van der Waals surface area contributed by atoms with Crippen LogP contribution in [0.1, 0.15) is 5.82 Å². The second kappa shape index (κ2) is 5.15. The van der Waals surface area contributed by atoms with E-state index in [1.807, 2.05) is 42.7 Å². The Morgan fingerprint density at radius 3 is 2.75 bits per heavy atom. The third kappa shape index (κ3) is 2.13. The molecule has 0 saturated carbocycles. The van der Waals surface area contributed by atoms with Crippen molar-refractivity contribution in [1.82, 2.24) is 18.7 Å². The molecule has 0 fully saturated rings. The van der Waals surface area contributed by atoms with Crippen LogP contribution in [-0.2, 0) is 6.54 Å². The number of hydrogen-bond donors (Lipinski definition) is 1. The van der Waals surface area contributed by atoms with Crippen LogP contribution in [-0.4, -0.2) is 18.7 Å². The lowest BCUT2D eigenvalue weighted by Crippen LogP contribution is -3.00. The van der Waals surface area contributed by atoms with Gasteiger partial charge in [-0.3, -0.25) is 4.37 Å². The van der Waals surface area contributed by atoms with E-state index in [2.05, 4.69) is 23.3 Å². The molecule has 100 valence electrons. The number of nitrogens with zero attached hydrogens (tertiary/aromatic N) is 4. The molecular weight excluding hydrogens is 294 g/mol. The van der Waals surface area contributed by atoms with Crippen molar-refractivity contribution < 1.29 is 17.0 Å². The first kappa shape index (κ1) is 13.0. The first-order valence-corrected chi connectivity index (χ1v) is 6.71. The van der Waals surface area contributed by atoms with Gasteiger partial charge in [-0.05, 0) is 12.1 Å². The molecule has 1 aromatic carbocycles. The second-order valence-corrected chi connectivity index (χ2v) is 4.87. The minimum absolute atomic E-state index is 0. The highest BCUT2D eigenvalue weighted by Crippen LogP contribution is 2.21. The Labute approximate surface area is 125 Å². The number of imidazole rings is 1. The van der Waals surface area contributed by atoms with E-state index < -0.39 is 0 Å². The predicted molar refractivity (Wildman–Crippen MR) is 72.8 cm³/mol. The van der Waals surface area contributed by atoms with Crippen molar-refractivity contribution in [2.75, 3.05) is 0 Å². The van der Waals surface area contributed by atoms with Crippen molar-refractivity contribution in [3.8, 4) is 0 Å². The third-order valence-corrected chi connectivity index (χ3v) is 3.60. The minimum atomic E-state index is 0. The predicted octanol–water partition coefficient (Wildman–Crippen LogP) is -1.09. The molecular formula is C13H10ClN5S. The number of benzene rings is 1. The monoisotopic (exact) mass is 303 g/mol. The Morgan fingerprint density at radius 2 is 1.90 bits per heavy atom.